The maximum Gasteiger partial charge on any atom is 0.321 e. The van der Waals surface area contributed by atoms with Gasteiger partial charge >= 0.3 is 6.03 Å². The van der Waals surface area contributed by atoms with Gasteiger partial charge in [0.1, 0.15) is 5.82 Å². The molecule has 0 saturated heterocycles. The van der Waals surface area contributed by atoms with Gasteiger partial charge in [-0.05, 0) is 47.0 Å². The summed E-state index contributed by atoms with van der Waals surface area (Å²) in [5, 5.41) is 11.6. The molecule has 20 heavy (non-hydrogen) atoms. The molecule has 0 bridgehead atoms. The predicted molar refractivity (Wildman–Crippen MR) is 81.3 cm³/mol. The van der Waals surface area contributed by atoms with Crippen molar-refractivity contribution in [2.75, 3.05) is 25.0 Å². The molecule has 1 rings (SSSR count). The average molecular weight is 347 g/mol. The largest absolute Gasteiger partial charge is 0.396 e. The summed E-state index contributed by atoms with van der Waals surface area (Å²) in [4.78, 5) is 13.8. The zero-order valence-corrected chi connectivity index (χ0v) is 13.1. The van der Waals surface area contributed by atoms with Crippen LogP contribution in [0, 0.1) is 5.82 Å². The Bertz CT molecular complexity index is 435. The van der Waals surface area contributed by atoms with Gasteiger partial charge in [0.25, 0.3) is 0 Å². The lowest BCUT2D eigenvalue weighted by molar-refractivity contribution is 0.201. The van der Waals surface area contributed by atoms with Gasteiger partial charge in [0, 0.05) is 24.2 Å². The molecule has 0 spiro atoms. The molecule has 0 radical (unpaired) electrons. The van der Waals surface area contributed by atoms with Crippen molar-refractivity contribution in [3.8, 4) is 0 Å². The lowest BCUT2D eigenvalue weighted by Gasteiger charge is -2.23. The summed E-state index contributed by atoms with van der Waals surface area (Å²) < 4.78 is 13.5. The fourth-order valence-electron chi connectivity index (χ4n) is 1.71. The zero-order chi connectivity index (χ0) is 15.0. The minimum Gasteiger partial charge on any atom is -0.396 e. The number of carbonyl (C=O) groups is 1. The predicted octanol–water partition coefficient (Wildman–Crippen LogP) is 3.60. The molecule has 2 N–H and O–H groups in total. The van der Waals surface area contributed by atoms with Gasteiger partial charge in [-0.25, -0.2) is 9.18 Å². The molecule has 0 heterocycles. The second kappa shape index (κ2) is 8.92. The lowest BCUT2D eigenvalue weighted by Crippen LogP contribution is -2.36. The molecule has 0 atom stereocenters. The Labute approximate surface area is 127 Å². The van der Waals surface area contributed by atoms with E-state index in [1.807, 2.05) is 0 Å². The Morgan fingerprint density at radius 2 is 2.10 bits per heavy atom. The summed E-state index contributed by atoms with van der Waals surface area (Å²) in [5.74, 6) is -0.363. The third-order valence-corrected chi connectivity index (χ3v) is 3.48. The van der Waals surface area contributed by atoms with Gasteiger partial charge in [0.05, 0.1) is 5.69 Å². The Morgan fingerprint density at radius 1 is 1.40 bits per heavy atom. The van der Waals surface area contributed by atoms with E-state index < -0.39 is 0 Å². The third-order valence-electron chi connectivity index (χ3n) is 2.83. The second-order valence-corrected chi connectivity index (χ2v) is 5.33. The van der Waals surface area contributed by atoms with Crippen LogP contribution in [0.1, 0.15) is 26.2 Å². The molecule has 0 aromatic heterocycles. The summed E-state index contributed by atoms with van der Waals surface area (Å²) in [6.07, 6.45) is 2.44. The van der Waals surface area contributed by atoms with Gasteiger partial charge in [-0.15, -0.1) is 0 Å². The van der Waals surface area contributed by atoms with Crippen molar-refractivity contribution in [2.45, 2.75) is 26.2 Å². The van der Waals surface area contributed by atoms with Crippen LogP contribution in [0.4, 0.5) is 14.9 Å². The van der Waals surface area contributed by atoms with Gasteiger partial charge in [-0.2, -0.15) is 0 Å². The van der Waals surface area contributed by atoms with E-state index in [1.165, 1.54) is 18.2 Å². The van der Waals surface area contributed by atoms with Gasteiger partial charge in [0.2, 0.25) is 0 Å². The highest BCUT2D eigenvalue weighted by molar-refractivity contribution is 9.10. The molecule has 0 unspecified atom stereocenters. The molecule has 1 aromatic rings. The second-order valence-electron chi connectivity index (χ2n) is 4.47. The number of aliphatic hydroxyl groups excluding tert-OH is 1. The fraction of sp³-hybridized carbons (Fsp3) is 0.500. The number of nitrogens with one attached hydrogen (secondary N) is 1. The summed E-state index contributed by atoms with van der Waals surface area (Å²) in [7, 11) is 0. The van der Waals surface area contributed by atoms with Crippen molar-refractivity contribution in [3.05, 3.63) is 28.5 Å². The molecule has 2 amide bonds. The van der Waals surface area contributed by atoms with Crippen molar-refractivity contribution in [1.82, 2.24) is 4.90 Å². The van der Waals surface area contributed by atoms with Crippen molar-refractivity contribution in [3.63, 3.8) is 0 Å². The monoisotopic (exact) mass is 346 g/mol. The summed E-state index contributed by atoms with van der Waals surface area (Å²) in [5.41, 5.74) is 0.530. The molecule has 0 aliphatic heterocycles. The number of benzene rings is 1. The van der Waals surface area contributed by atoms with Crippen LogP contribution < -0.4 is 5.32 Å². The van der Waals surface area contributed by atoms with Crippen LogP contribution >= 0.6 is 15.9 Å². The Morgan fingerprint density at radius 3 is 2.70 bits per heavy atom. The number of nitrogens with zero attached hydrogens (tertiary/aromatic N) is 1. The van der Waals surface area contributed by atoms with E-state index in [2.05, 4.69) is 28.2 Å². The maximum atomic E-state index is 13.0. The van der Waals surface area contributed by atoms with Crippen molar-refractivity contribution in [2.24, 2.45) is 0 Å². The van der Waals surface area contributed by atoms with Crippen LogP contribution in [0.3, 0.4) is 0 Å². The molecule has 4 nitrogen and oxygen atoms in total. The van der Waals surface area contributed by atoms with E-state index in [1.54, 1.807) is 4.90 Å². The van der Waals surface area contributed by atoms with E-state index >= 15 is 0 Å². The minimum absolute atomic E-state index is 0.0517. The third kappa shape index (κ3) is 5.46. The Hall–Kier alpha value is -1.14. The van der Waals surface area contributed by atoms with E-state index in [9.17, 15) is 9.18 Å². The molecule has 6 heteroatoms. The number of urea groups is 1. The minimum atomic E-state index is -0.363. The summed E-state index contributed by atoms with van der Waals surface area (Å²) in [6.45, 7) is 3.25. The van der Waals surface area contributed by atoms with E-state index in [0.717, 1.165) is 12.8 Å². The number of anilines is 1. The van der Waals surface area contributed by atoms with Crippen molar-refractivity contribution < 1.29 is 14.3 Å². The first kappa shape index (κ1) is 16.9. The molecule has 0 aliphatic rings. The normalized spacial score (nSPS) is 10.4. The van der Waals surface area contributed by atoms with Crippen LogP contribution in [0.2, 0.25) is 0 Å². The van der Waals surface area contributed by atoms with Crippen molar-refractivity contribution in [1.29, 1.82) is 0 Å². The molecular weight excluding hydrogens is 327 g/mol. The fourth-order valence-corrected chi connectivity index (χ4v) is 2.16. The Kier molecular flexibility index (Phi) is 7.54. The first-order valence-corrected chi connectivity index (χ1v) is 7.49. The first-order chi connectivity index (χ1) is 9.58. The number of halogens is 2. The van der Waals surface area contributed by atoms with Crippen LogP contribution in [0.25, 0.3) is 0 Å². The van der Waals surface area contributed by atoms with Crippen LogP contribution in [-0.2, 0) is 0 Å². The topological polar surface area (TPSA) is 52.6 Å². The van der Waals surface area contributed by atoms with E-state index in [-0.39, 0.29) is 18.5 Å². The number of aliphatic hydroxyl groups is 1. The quantitative estimate of drug-likeness (QED) is 0.792. The summed E-state index contributed by atoms with van der Waals surface area (Å²) >= 11 is 3.22. The SMILES string of the molecule is CCCCN(CCCO)C(=O)Nc1ccc(F)cc1Br. The van der Waals surface area contributed by atoms with Crippen LogP contribution in [-0.4, -0.2) is 35.7 Å². The number of rotatable bonds is 7. The van der Waals surface area contributed by atoms with Gasteiger partial charge in [0.15, 0.2) is 0 Å². The zero-order valence-electron chi connectivity index (χ0n) is 11.5. The number of amides is 2. The van der Waals surface area contributed by atoms with Gasteiger partial charge in [-0.3, -0.25) is 0 Å². The van der Waals surface area contributed by atoms with E-state index in [4.69, 9.17) is 5.11 Å². The first-order valence-electron chi connectivity index (χ1n) is 6.70. The van der Waals surface area contributed by atoms with Crippen LogP contribution in [0.5, 0.6) is 0 Å². The smallest absolute Gasteiger partial charge is 0.321 e. The van der Waals surface area contributed by atoms with Gasteiger partial charge in [-0.1, -0.05) is 13.3 Å². The number of unbranched alkanes of at least 4 members (excludes halogenated alkanes) is 1. The number of carbonyl (C=O) groups excluding carboxylic acids is 1. The molecular formula is C14H20BrFN2O2. The molecule has 1 aromatic carbocycles. The number of hydrogen-bond donors (Lipinski definition) is 2. The highest BCUT2D eigenvalue weighted by Gasteiger charge is 2.14. The summed E-state index contributed by atoms with van der Waals surface area (Å²) in [6, 6.07) is 3.88. The average Bonchev–Trinajstić information content (AvgIpc) is 2.42. The van der Waals surface area contributed by atoms with E-state index in [0.29, 0.717) is 29.7 Å². The lowest BCUT2D eigenvalue weighted by atomic mass is 10.3. The van der Waals surface area contributed by atoms with Gasteiger partial charge < -0.3 is 15.3 Å². The highest BCUT2D eigenvalue weighted by Crippen LogP contribution is 2.23. The maximum absolute atomic E-state index is 13.0. The van der Waals surface area contributed by atoms with Crippen molar-refractivity contribution >= 4 is 27.6 Å². The molecule has 112 valence electrons. The molecule has 0 fully saturated rings. The Balaban J connectivity index is 2.68. The highest BCUT2D eigenvalue weighted by atomic mass is 79.9. The standard InChI is InChI=1S/C14H20BrFN2O2/c1-2-3-7-18(8-4-9-19)14(20)17-13-6-5-11(16)10-12(13)15/h5-6,10,19H,2-4,7-9H2,1H3,(H,17,20). The van der Waals surface area contributed by atoms with Crippen LogP contribution in [0.15, 0.2) is 22.7 Å². The number of hydrogen-bond acceptors (Lipinski definition) is 2. The molecule has 0 aliphatic carbocycles. The molecule has 0 saturated carbocycles.